The number of allylic oxidation sites excluding steroid dienone is 3. The maximum Gasteiger partial charge on any atom is 0.0495 e. The zero-order valence-corrected chi connectivity index (χ0v) is 13.7. The smallest absolute Gasteiger partial charge is 0.0495 e. The second-order valence-electron chi connectivity index (χ2n) is 5.72. The minimum absolute atomic E-state index is 0.790. The van der Waals surface area contributed by atoms with Crippen molar-refractivity contribution in [2.45, 2.75) is 23.8 Å². The molecule has 0 radical (unpaired) electrons. The molecule has 0 N–H and O–H groups in total. The van der Waals surface area contributed by atoms with Crippen molar-refractivity contribution in [1.29, 1.82) is 0 Å². The van der Waals surface area contributed by atoms with Crippen LogP contribution in [0.2, 0.25) is 0 Å². The molecule has 4 atom stereocenters. The molecule has 4 rings (SSSR count). The van der Waals surface area contributed by atoms with Crippen molar-refractivity contribution in [2.24, 2.45) is 11.8 Å². The van der Waals surface area contributed by atoms with Crippen LogP contribution >= 0.6 is 35.7 Å². The van der Waals surface area contributed by atoms with Crippen LogP contribution in [-0.4, -0.2) is 15.4 Å². The lowest BCUT2D eigenvalue weighted by Gasteiger charge is -2.16. The Morgan fingerprint density at radius 2 is 1.65 bits per heavy atom. The van der Waals surface area contributed by atoms with Crippen molar-refractivity contribution < 1.29 is 0 Å². The molecule has 102 valence electrons. The van der Waals surface area contributed by atoms with Gasteiger partial charge in [-0.3, -0.25) is 0 Å². The Hall–Kier alpha value is -0.510. The summed E-state index contributed by atoms with van der Waals surface area (Å²) in [6, 6.07) is 10.4. The Labute approximate surface area is 134 Å². The Balaban J connectivity index is 1.60. The molecule has 0 aromatic heterocycles. The SMILES string of the molecule is CC(C(=S)c1ccccc1)=C1S[C@@H]2[C@H](S1)[C@H]1C=C[C@@H]2C1. The number of hydrogen-bond acceptors (Lipinski definition) is 3. The van der Waals surface area contributed by atoms with E-state index in [9.17, 15) is 0 Å². The lowest BCUT2D eigenvalue weighted by atomic mass is 10.1. The van der Waals surface area contributed by atoms with Crippen LogP contribution < -0.4 is 0 Å². The van der Waals surface area contributed by atoms with Gasteiger partial charge in [-0.25, -0.2) is 0 Å². The predicted molar refractivity (Wildman–Crippen MR) is 94.3 cm³/mol. The molecule has 0 amide bonds. The molecule has 0 unspecified atom stereocenters. The second-order valence-corrected chi connectivity index (χ2v) is 8.76. The summed E-state index contributed by atoms with van der Waals surface area (Å²) in [6.07, 6.45) is 6.26. The Bertz CT molecular complexity index is 592. The molecule has 1 saturated heterocycles. The predicted octanol–water partition coefficient (Wildman–Crippen LogP) is 5.06. The molecular formula is C17H16S3. The van der Waals surface area contributed by atoms with Gasteiger partial charge in [0.15, 0.2) is 0 Å². The van der Waals surface area contributed by atoms with Gasteiger partial charge in [-0.1, -0.05) is 54.7 Å². The lowest BCUT2D eigenvalue weighted by molar-refractivity contribution is 0.696. The quantitative estimate of drug-likeness (QED) is 0.324. The second kappa shape index (κ2) is 5.04. The van der Waals surface area contributed by atoms with Crippen molar-refractivity contribution in [3.63, 3.8) is 0 Å². The fraction of sp³-hybridized carbons (Fsp3) is 0.353. The highest BCUT2D eigenvalue weighted by atomic mass is 32.2. The van der Waals surface area contributed by atoms with E-state index in [1.54, 1.807) is 0 Å². The van der Waals surface area contributed by atoms with Crippen LogP contribution in [-0.2, 0) is 0 Å². The highest BCUT2D eigenvalue weighted by Gasteiger charge is 2.50. The van der Waals surface area contributed by atoms with Crippen molar-refractivity contribution in [3.05, 3.63) is 57.9 Å². The summed E-state index contributed by atoms with van der Waals surface area (Å²) in [5.41, 5.74) is 2.47. The molecule has 2 aliphatic carbocycles. The minimum atomic E-state index is 0.790. The average molecular weight is 317 g/mol. The van der Waals surface area contributed by atoms with E-state index in [2.05, 4.69) is 66.9 Å². The highest BCUT2D eigenvalue weighted by Crippen LogP contribution is 2.61. The van der Waals surface area contributed by atoms with Crippen LogP contribution in [0.3, 0.4) is 0 Å². The summed E-state index contributed by atoms with van der Waals surface area (Å²) in [5, 5.41) is 1.58. The Morgan fingerprint density at radius 1 is 1.05 bits per heavy atom. The molecule has 0 spiro atoms. The molecular weight excluding hydrogens is 300 g/mol. The normalized spacial score (nSPS) is 36.2. The minimum Gasteiger partial charge on any atom is -0.114 e. The molecule has 1 aliphatic heterocycles. The van der Waals surface area contributed by atoms with Gasteiger partial charge in [-0.2, -0.15) is 0 Å². The molecule has 2 fully saturated rings. The van der Waals surface area contributed by atoms with E-state index in [1.165, 1.54) is 21.8 Å². The van der Waals surface area contributed by atoms with E-state index < -0.39 is 0 Å². The van der Waals surface area contributed by atoms with Gasteiger partial charge in [0.1, 0.15) is 0 Å². The molecule has 20 heavy (non-hydrogen) atoms. The lowest BCUT2D eigenvalue weighted by Crippen LogP contribution is -2.19. The number of benzene rings is 1. The van der Waals surface area contributed by atoms with E-state index >= 15 is 0 Å². The van der Waals surface area contributed by atoms with Crippen molar-refractivity contribution >= 4 is 40.6 Å². The summed E-state index contributed by atoms with van der Waals surface area (Å²) in [4.78, 5) is 1.01. The third-order valence-electron chi connectivity index (χ3n) is 4.49. The van der Waals surface area contributed by atoms with Crippen LogP contribution in [0.4, 0.5) is 0 Å². The Kier molecular flexibility index (Phi) is 3.32. The van der Waals surface area contributed by atoms with Crippen LogP contribution in [0.15, 0.2) is 52.3 Å². The van der Waals surface area contributed by atoms with Crippen LogP contribution in [0.25, 0.3) is 0 Å². The van der Waals surface area contributed by atoms with Gasteiger partial charge in [-0.05, 0) is 36.3 Å². The maximum atomic E-state index is 5.69. The number of rotatable bonds is 2. The van der Waals surface area contributed by atoms with E-state index in [-0.39, 0.29) is 0 Å². The monoisotopic (exact) mass is 316 g/mol. The van der Waals surface area contributed by atoms with Gasteiger partial charge in [0.05, 0.1) is 0 Å². The number of fused-ring (bicyclic) bond motifs is 5. The molecule has 3 aliphatic rings. The van der Waals surface area contributed by atoms with Crippen molar-refractivity contribution in [2.75, 3.05) is 0 Å². The van der Waals surface area contributed by atoms with Gasteiger partial charge < -0.3 is 0 Å². The molecule has 1 aromatic carbocycles. The molecule has 1 aromatic rings. The van der Waals surface area contributed by atoms with Crippen LogP contribution in [0.1, 0.15) is 18.9 Å². The van der Waals surface area contributed by atoms with Crippen LogP contribution in [0, 0.1) is 11.8 Å². The summed E-state index contributed by atoms with van der Waals surface area (Å²) in [5.74, 6) is 1.61. The Morgan fingerprint density at radius 3 is 2.25 bits per heavy atom. The first-order valence-electron chi connectivity index (χ1n) is 7.06. The third kappa shape index (κ3) is 2.02. The molecule has 2 bridgehead atoms. The summed E-state index contributed by atoms with van der Waals surface area (Å²) in [6.45, 7) is 2.20. The van der Waals surface area contributed by atoms with Gasteiger partial charge in [-0.15, -0.1) is 23.5 Å². The number of hydrogen-bond donors (Lipinski definition) is 0. The summed E-state index contributed by atoms with van der Waals surface area (Å²) < 4.78 is 1.47. The zero-order chi connectivity index (χ0) is 13.7. The van der Waals surface area contributed by atoms with Gasteiger partial charge >= 0.3 is 0 Å². The summed E-state index contributed by atoms with van der Waals surface area (Å²) >= 11 is 9.84. The van der Waals surface area contributed by atoms with Gasteiger partial charge in [0, 0.05) is 19.6 Å². The van der Waals surface area contributed by atoms with E-state index in [0.717, 1.165) is 27.2 Å². The number of thioether (sulfide) groups is 2. The molecule has 0 nitrogen and oxygen atoms in total. The van der Waals surface area contributed by atoms with Crippen molar-refractivity contribution in [1.82, 2.24) is 0 Å². The van der Waals surface area contributed by atoms with E-state index in [4.69, 9.17) is 12.2 Å². The van der Waals surface area contributed by atoms with Gasteiger partial charge in [0.25, 0.3) is 0 Å². The first kappa shape index (κ1) is 13.2. The first-order chi connectivity index (χ1) is 9.74. The molecule has 1 saturated carbocycles. The summed E-state index contributed by atoms with van der Waals surface area (Å²) in [7, 11) is 0. The largest absolute Gasteiger partial charge is 0.114 e. The third-order valence-corrected chi connectivity index (χ3v) is 8.65. The maximum absolute atomic E-state index is 5.69. The zero-order valence-electron chi connectivity index (χ0n) is 11.3. The highest BCUT2D eigenvalue weighted by molar-refractivity contribution is 8.26. The fourth-order valence-corrected chi connectivity index (χ4v) is 7.46. The van der Waals surface area contributed by atoms with E-state index in [1.807, 2.05) is 6.07 Å². The molecule has 1 heterocycles. The van der Waals surface area contributed by atoms with E-state index in [0.29, 0.717) is 0 Å². The fourth-order valence-electron chi connectivity index (χ4n) is 3.39. The first-order valence-corrected chi connectivity index (χ1v) is 9.23. The van der Waals surface area contributed by atoms with Crippen LogP contribution in [0.5, 0.6) is 0 Å². The topological polar surface area (TPSA) is 0 Å². The van der Waals surface area contributed by atoms with Crippen molar-refractivity contribution in [3.8, 4) is 0 Å². The molecule has 3 heteroatoms. The van der Waals surface area contributed by atoms with Gasteiger partial charge in [0.2, 0.25) is 0 Å². The average Bonchev–Trinajstić information content (AvgIpc) is 3.18. The number of thiocarbonyl (C=S) groups is 1. The standard InChI is InChI=1S/C17H16S3/c1-10(14(18)11-5-3-2-4-6-11)17-19-15-12-7-8-13(9-12)16(15)20-17/h2-8,12-13,15-16H,9H2,1H3/t12-,13+,15+,16-.